The molecule has 2 bridgehead atoms. The third kappa shape index (κ3) is 2.67. The van der Waals surface area contributed by atoms with E-state index in [4.69, 9.17) is 11.6 Å². The molecule has 130 valence electrons. The molecule has 1 aromatic carbocycles. The second-order valence-corrected chi connectivity index (χ2v) is 7.50. The number of hydrogen-bond donors (Lipinski definition) is 1. The number of anilines is 1. The van der Waals surface area contributed by atoms with E-state index in [1.165, 1.54) is 4.90 Å². The molecule has 3 aliphatic rings. The maximum absolute atomic E-state index is 12.6. The molecule has 2 fully saturated rings. The second-order valence-electron chi connectivity index (χ2n) is 7.09. The average molecular weight is 359 g/mol. The number of benzene rings is 1. The largest absolute Gasteiger partial charge is 0.326 e. The molecule has 5 nitrogen and oxygen atoms in total. The monoisotopic (exact) mass is 358 g/mol. The lowest BCUT2D eigenvalue weighted by Crippen LogP contribution is -2.35. The van der Waals surface area contributed by atoms with Crippen LogP contribution in [-0.2, 0) is 14.4 Å². The first kappa shape index (κ1) is 16.3. The number of hydrogen-bond acceptors (Lipinski definition) is 3. The lowest BCUT2D eigenvalue weighted by molar-refractivity contribution is -0.140. The first-order valence-corrected chi connectivity index (χ1v) is 8.93. The maximum Gasteiger partial charge on any atom is 0.233 e. The van der Waals surface area contributed by atoms with Crippen LogP contribution in [0.3, 0.4) is 0 Å². The summed E-state index contributed by atoms with van der Waals surface area (Å²) in [7, 11) is 0. The van der Waals surface area contributed by atoms with E-state index < -0.39 is 0 Å². The average Bonchev–Trinajstić information content (AvgIpc) is 3.24. The van der Waals surface area contributed by atoms with Gasteiger partial charge in [-0.3, -0.25) is 19.3 Å². The molecule has 0 aromatic heterocycles. The zero-order valence-corrected chi connectivity index (χ0v) is 14.6. The second kappa shape index (κ2) is 5.99. The van der Waals surface area contributed by atoms with E-state index in [2.05, 4.69) is 17.5 Å². The number of carbonyl (C=O) groups is 3. The molecule has 4 rings (SSSR count). The van der Waals surface area contributed by atoms with Crippen LogP contribution in [0.4, 0.5) is 5.69 Å². The molecule has 0 spiro atoms. The van der Waals surface area contributed by atoms with Gasteiger partial charge in [0.2, 0.25) is 17.7 Å². The Morgan fingerprint density at radius 1 is 1.20 bits per heavy atom. The van der Waals surface area contributed by atoms with Gasteiger partial charge in [0.05, 0.1) is 11.8 Å². The summed E-state index contributed by atoms with van der Waals surface area (Å²) in [5, 5.41) is 3.34. The van der Waals surface area contributed by atoms with Gasteiger partial charge in [0.15, 0.2) is 0 Å². The van der Waals surface area contributed by atoms with Crippen LogP contribution in [0.5, 0.6) is 0 Å². The molecule has 1 aromatic rings. The Morgan fingerprint density at radius 2 is 1.84 bits per heavy atom. The fourth-order valence-corrected chi connectivity index (χ4v) is 4.47. The normalized spacial score (nSPS) is 29.4. The van der Waals surface area contributed by atoms with E-state index in [1.54, 1.807) is 12.1 Å². The van der Waals surface area contributed by atoms with Crippen LogP contribution in [0.15, 0.2) is 30.4 Å². The summed E-state index contributed by atoms with van der Waals surface area (Å²) in [4.78, 5) is 38.6. The van der Waals surface area contributed by atoms with Crippen LogP contribution in [0.25, 0.3) is 0 Å². The number of allylic oxidation sites excluding steroid dienone is 2. The third-order valence-electron chi connectivity index (χ3n) is 5.58. The van der Waals surface area contributed by atoms with Gasteiger partial charge in [0.25, 0.3) is 0 Å². The Hall–Kier alpha value is -2.14. The zero-order chi connectivity index (χ0) is 17.7. The highest BCUT2D eigenvalue weighted by Crippen LogP contribution is 2.52. The highest BCUT2D eigenvalue weighted by molar-refractivity contribution is 6.31. The van der Waals surface area contributed by atoms with Crippen molar-refractivity contribution in [2.45, 2.75) is 19.8 Å². The number of fused-ring (bicyclic) bond motifs is 5. The molecule has 1 aliphatic heterocycles. The minimum Gasteiger partial charge on any atom is -0.326 e. The third-order valence-corrected chi connectivity index (χ3v) is 5.99. The van der Waals surface area contributed by atoms with E-state index in [1.807, 2.05) is 13.0 Å². The van der Waals surface area contributed by atoms with Crippen molar-refractivity contribution in [1.29, 1.82) is 0 Å². The Kier molecular flexibility index (Phi) is 3.91. The Balaban J connectivity index is 1.37. The van der Waals surface area contributed by atoms with Crippen molar-refractivity contribution < 1.29 is 14.4 Å². The van der Waals surface area contributed by atoms with Crippen LogP contribution >= 0.6 is 11.6 Å². The van der Waals surface area contributed by atoms with Crippen molar-refractivity contribution >= 4 is 35.0 Å². The summed E-state index contributed by atoms with van der Waals surface area (Å²) >= 11 is 6.05. The number of halogens is 1. The van der Waals surface area contributed by atoms with Gasteiger partial charge in [0, 0.05) is 23.7 Å². The van der Waals surface area contributed by atoms with Gasteiger partial charge in [-0.1, -0.05) is 29.8 Å². The molecule has 2 aliphatic carbocycles. The number of rotatable bonds is 4. The number of nitrogens with one attached hydrogen (secondary N) is 1. The SMILES string of the molecule is Cc1ccc(NC(=O)CCN2C(=O)[C@@H]3[C@H](C2=O)[C@H]2C=C[C@H]3C2)cc1Cl. The van der Waals surface area contributed by atoms with E-state index in [-0.39, 0.29) is 54.4 Å². The predicted octanol–water partition coefficient (Wildman–Crippen LogP) is 2.78. The Bertz CT molecular complexity index is 774. The summed E-state index contributed by atoms with van der Waals surface area (Å²) in [5.41, 5.74) is 1.54. The smallest absolute Gasteiger partial charge is 0.233 e. The van der Waals surface area contributed by atoms with Gasteiger partial charge in [-0.25, -0.2) is 0 Å². The molecule has 1 saturated heterocycles. The van der Waals surface area contributed by atoms with Crippen molar-refractivity contribution in [2.24, 2.45) is 23.7 Å². The molecular weight excluding hydrogens is 340 g/mol. The highest BCUT2D eigenvalue weighted by Gasteiger charge is 2.58. The van der Waals surface area contributed by atoms with Crippen molar-refractivity contribution in [3.05, 3.63) is 40.9 Å². The fraction of sp³-hybridized carbons (Fsp3) is 0.421. The molecular formula is C19H19ClN2O3. The number of nitrogens with zero attached hydrogens (tertiary/aromatic N) is 1. The van der Waals surface area contributed by atoms with Crippen LogP contribution in [-0.4, -0.2) is 29.2 Å². The standard InChI is InChI=1S/C19H19ClN2O3/c1-10-2-5-13(9-14(10)20)21-15(23)6-7-22-18(24)16-11-3-4-12(8-11)17(16)19(22)25/h2-5,9,11-12,16-17H,6-8H2,1H3,(H,21,23)/t11-,12-,16-,17+/m0/s1. The van der Waals surface area contributed by atoms with Crippen molar-refractivity contribution in [3.63, 3.8) is 0 Å². The lowest BCUT2D eigenvalue weighted by atomic mass is 9.85. The lowest BCUT2D eigenvalue weighted by Gasteiger charge is -2.17. The van der Waals surface area contributed by atoms with E-state index >= 15 is 0 Å². The van der Waals surface area contributed by atoms with Gasteiger partial charge in [-0.05, 0) is 42.9 Å². The zero-order valence-electron chi connectivity index (χ0n) is 13.9. The van der Waals surface area contributed by atoms with Crippen molar-refractivity contribution in [2.75, 3.05) is 11.9 Å². The molecule has 1 N–H and O–H groups in total. The van der Waals surface area contributed by atoms with Gasteiger partial charge in [-0.2, -0.15) is 0 Å². The van der Waals surface area contributed by atoms with Gasteiger partial charge >= 0.3 is 0 Å². The highest BCUT2D eigenvalue weighted by atomic mass is 35.5. The molecule has 1 heterocycles. The van der Waals surface area contributed by atoms with Crippen molar-refractivity contribution in [3.8, 4) is 0 Å². The summed E-state index contributed by atoms with van der Waals surface area (Å²) < 4.78 is 0. The summed E-state index contributed by atoms with van der Waals surface area (Å²) in [5.74, 6) is -0.488. The van der Waals surface area contributed by atoms with Crippen LogP contribution in [0, 0.1) is 30.6 Å². The number of imide groups is 1. The minimum absolute atomic E-state index is 0.0885. The van der Waals surface area contributed by atoms with Gasteiger partial charge in [-0.15, -0.1) is 0 Å². The predicted molar refractivity (Wildman–Crippen MR) is 93.9 cm³/mol. The first-order chi connectivity index (χ1) is 12.0. The van der Waals surface area contributed by atoms with Crippen LogP contribution < -0.4 is 5.32 Å². The van der Waals surface area contributed by atoms with Crippen LogP contribution in [0.1, 0.15) is 18.4 Å². The van der Waals surface area contributed by atoms with E-state index in [9.17, 15) is 14.4 Å². The van der Waals surface area contributed by atoms with E-state index in [0.29, 0.717) is 10.7 Å². The molecule has 6 heteroatoms. The topological polar surface area (TPSA) is 66.5 Å². The quantitative estimate of drug-likeness (QED) is 0.664. The molecule has 3 amide bonds. The fourth-order valence-electron chi connectivity index (χ4n) is 4.29. The number of carbonyl (C=O) groups excluding carboxylic acids is 3. The number of likely N-dealkylation sites (tertiary alicyclic amines) is 1. The molecule has 4 atom stereocenters. The molecule has 0 radical (unpaired) electrons. The summed E-state index contributed by atoms with van der Waals surface area (Å²) in [6.07, 6.45) is 5.13. The van der Waals surface area contributed by atoms with Gasteiger partial charge < -0.3 is 5.32 Å². The molecule has 0 unspecified atom stereocenters. The maximum atomic E-state index is 12.6. The number of amides is 3. The minimum atomic E-state index is -0.237. The number of aryl methyl sites for hydroxylation is 1. The summed E-state index contributed by atoms with van der Waals surface area (Å²) in [6, 6.07) is 5.29. The summed E-state index contributed by atoms with van der Waals surface area (Å²) in [6.45, 7) is 2.02. The van der Waals surface area contributed by atoms with Crippen molar-refractivity contribution in [1.82, 2.24) is 4.90 Å². The Morgan fingerprint density at radius 3 is 2.44 bits per heavy atom. The first-order valence-electron chi connectivity index (χ1n) is 8.55. The van der Waals surface area contributed by atoms with Crippen LogP contribution in [0.2, 0.25) is 5.02 Å². The molecule has 25 heavy (non-hydrogen) atoms. The van der Waals surface area contributed by atoms with E-state index in [0.717, 1.165) is 12.0 Å². The molecule has 1 saturated carbocycles. The Labute approximate surface area is 151 Å². The van der Waals surface area contributed by atoms with Gasteiger partial charge in [0.1, 0.15) is 0 Å².